The highest BCUT2D eigenvalue weighted by atomic mass is 31.2. The first-order valence-corrected chi connectivity index (χ1v) is 10.1. The van der Waals surface area contributed by atoms with Gasteiger partial charge in [0, 0.05) is 6.07 Å². The molecule has 162 valence electrons. The Kier molecular flexibility index (Phi) is 7.60. The fourth-order valence-electron chi connectivity index (χ4n) is 2.54. The molecule has 13 heteroatoms. The van der Waals surface area contributed by atoms with Crippen LogP contribution in [0.25, 0.3) is 0 Å². The number of esters is 2. The van der Waals surface area contributed by atoms with Gasteiger partial charge in [-0.3, -0.25) is 4.57 Å². The van der Waals surface area contributed by atoms with Crippen molar-refractivity contribution in [1.29, 1.82) is 0 Å². The molecule has 0 spiro atoms. The summed E-state index contributed by atoms with van der Waals surface area (Å²) in [4.78, 5) is 43.4. The summed E-state index contributed by atoms with van der Waals surface area (Å²) in [6, 6.07) is 1.79. The van der Waals surface area contributed by atoms with Crippen LogP contribution in [0.1, 0.15) is 30.4 Å². The molecule has 6 atom stereocenters. The second-order valence-electron chi connectivity index (χ2n) is 6.83. The average Bonchev–Trinajstić information content (AvgIpc) is 2.93. The Labute approximate surface area is 166 Å². The van der Waals surface area contributed by atoms with Crippen LogP contribution in [0.3, 0.4) is 0 Å². The largest absolute Gasteiger partial charge is 0.756 e. The SMILES string of the molecule is CC(C)[C@H](N)C(=O)OC(=O)c1ccc[n+]([C@@H]2O[C@H](COP(=O)([O-])O)[C@@H](O)[C@H]2O)c1. The summed E-state index contributed by atoms with van der Waals surface area (Å²) in [5.41, 5.74) is 5.58. The molecule has 1 fully saturated rings. The van der Waals surface area contributed by atoms with Crippen molar-refractivity contribution in [2.75, 3.05) is 6.61 Å². The maximum absolute atomic E-state index is 12.2. The molecular formula is C16H23N2O10P. The number of carbonyl (C=O) groups is 2. The van der Waals surface area contributed by atoms with Crippen LogP contribution in [-0.2, 0) is 23.4 Å². The van der Waals surface area contributed by atoms with Crippen molar-refractivity contribution < 1.29 is 52.7 Å². The van der Waals surface area contributed by atoms with Gasteiger partial charge >= 0.3 is 11.9 Å². The number of aliphatic hydroxyl groups is 2. The molecule has 12 nitrogen and oxygen atoms in total. The van der Waals surface area contributed by atoms with E-state index in [1.54, 1.807) is 13.8 Å². The van der Waals surface area contributed by atoms with Crippen LogP contribution in [0.15, 0.2) is 24.5 Å². The van der Waals surface area contributed by atoms with Crippen LogP contribution in [0.4, 0.5) is 0 Å². The zero-order valence-corrected chi connectivity index (χ0v) is 16.5. The summed E-state index contributed by atoms with van der Waals surface area (Å²) >= 11 is 0. The minimum Gasteiger partial charge on any atom is -0.756 e. The minimum absolute atomic E-state index is 0.0544. The van der Waals surface area contributed by atoms with Crippen molar-refractivity contribution in [3.63, 3.8) is 0 Å². The molecule has 1 aromatic rings. The molecule has 1 aromatic heterocycles. The van der Waals surface area contributed by atoms with Gasteiger partial charge in [0.25, 0.3) is 14.1 Å². The van der Waals surface area contributed by atoms with E-state index in [-0.39, 0.29) is 11.5 Å². The number of nitrogens with two attached hydrogens (primary N) is 1. The topological polar surface area (TPSA) is 193 Å². The molecule has 5 N–H and O–H groups in total. The van der Waals surface area contributed by atoms with Crippen molar-refractivity contribution >= 4 is 19.8 Å². The Hall–Kier alpha value is -1.76. The van der Waals surface area contributed by atoms with Gasteiger partial charge in [0.05, 0.1) is 6.61 Å². The summed E-state index contributed by atoms with van der Waals surface area (Å²) in [5, 5.41) is 20.2. The van der Waals surface area contributed by atoms with Crippen LogP contribution >= 0.6 is 7.82 Å². The summed E-state index contributed by atoms with van der Waals surface area (Å²) in [6.07, 6.45) is -2.87. The maximum Gasteiger partial charge on any atom is 0.351 e. The maximum atomic E-state index is 12.2. The van der Waals surface area contributed by atoms with E-state index in [4.69, 9.17) is 20.1 Å². The number of phosphoric ester groups is 1. The average molecular weight is 434 g/mol. The summed E-state index contributed by atoms with van der Waals surface area (Å²) in [7, 11) is -5.04. The third-order valence-electron chi connectivity index (χ3n) is 4.27. The Bertz CT molecular complexity index is 798. The molecule has 0 saturated carbocycles. The first-order chi connectivity index (χ1) is 13.4. The van der Waals surface area contributed by atoms with Crippen molar-refractivity contribution in [2.45, 2.75) is 44.4 Å². The third kappa shape index (κ3) is 6.11. The zero-order chi connectivity index (χ0) is 21.9. The number of rotatable bonds is 7. The van der Waals surface area contributed by atoms with Crippen LogP contribution in [0.5, 0.6) is 0 Å². The summed E-state index contributed by atoms with van der Waals surface area (Å²) in [5.74, 6) is -2.10. The number of ether oxygens (including phenoxy) is 2. The van der Waals surface area contributed by atoms with Crippen molar-refractivity contribution in [3.05, 3.63) is 30.1 Å². The van der Waals surface area contributed by atoms with Crippen LogP contribution in [0, 0.1) is 5.92 Å². The predicted molar refractivity (Wildman–Crippen MR) is 91.6 cm³/mol. The molecule has 1 saturated heterocycles. The van der Waals surface area contributed by atoms with Gasteiger partial charge in [-0.25, -0.2) is 9.59 Å². The fourth-order valence-corrected chi connectivity index (χ4v) is 2.88. The smallest absolute Gasteiger partial charge is 0.351 e. The highest BCUT2D eigenvalue weighted by Crippen LogP contribution is 2.33. The molecule has 1 aliphatic heterocycles. The number of hydrogen-bond acceptors (Lipinski definition) is 10. The molecule has 29 heavy (non-hydrogen) atoms. The molecule has 1 aliphatic rings. The normalized spacial score (nSPS) is 27.4. The van der Waals surface area contributed by atoms with E-state index in [1.165, 1.54) is 29.1 Å². The Morgan fingerprint density at radius 3 is 2.62 bits per heavy atom. The third-order valence-corrected chi connectivity index (χ3v) is 4.75. The molecule has 0 aromatic carbocycles. The molecule has 0 radical (unpaired) electrons. The zero-order valence-electron chi connectivity index (χ0n) is 15.7. The molecule has 1 unspecified atom stereocenters. The molecule has 0 amide bonds. The Balaban J connectivity index is 2.11. The lowest BCUT2D eigenvalue weighted by atomic mass is 10.1. The minimum atomic E-state index is -5.04. The summed E-state index contributed by atoms with van der Waals surface area (Å²) in [6.45, 7) is 2.66. The Morgan fingerprint density at radius 1 is 1.38 bits per heavy atom. The van der Waals surface area contributed by atoms with E-state index in [0.29, 0.717) is 0 Å². The number of nitrogens with zero attached hydrogens (tertiary/aromatic N) is 1. The highest BCUT2D eigenvalue weighted by Gasteiger charge is 2.48. The number of carbonyl (C=O) groups excluding carboxylic acids is 2. The lowest BCUT2D eigenvalue weighted by Crippen LogP contribution is -2.46. The number of hydrogen-bond donors (Lipinski definition) is 4. The van der Waals surface area contributed by atoms with Crippen LogP contribution in [0.2, 0.25) is 0 Å². The van der Waals surface area contributed by atoms with E-state index in [0.717, 1.165) is 0 Å². The molecule has 2 rings (SSSR count). The van der Waals surface area contributed by atoms with E-state index < -0.39 is 56.9 Å². The van der Waals surface area contributed by atoms with Crippen molar-refractivity contribution in [1.82, 2.24) is 0 Å². The van der Waals surface area contributed by atoms with Gasteiger partial charge in [-0.2, -0.15) is 4.57 Å². The second-order valence-corrected chi connectivity index (χ2v) is 8.02. The number of aliphatic hydroxyl groups excluding tert-OH is 2. The van der Waals surface area contributed by atoms with Gasteiger partial charge in [-0.1, -0.05) is 13.8 Å². The first kappa shape index (κ1) is 23.5. The van der Waals surface area contributed by atoms with Gasteiger partial charge in [-0.15, -0.1) is 0 Å². The van der Waals surface area contributed by atoms with Crippen LogP contribution < -0.4 is 15.2 Å². The van der Waals surface area contributed by atoms with Crippen LogP contribution in [-0.4, -0.2) is 58.0 Å². The lowest BCUT2D eigenvalue weighted by molar-refractivity contribution is -0.765. The lowest BCUT2D eigenvalue weighted by Gasteiger charge is -2.19. The number of aromatic nitrogens is 1. The molecule has 0 aliphatic carbocycles. The van der Waals surface area contributed by atoms with Gasteiger partial charge in [0.1, 0.15) is 23.8 Å². The standard InChI is InChI=1S/C16H23N2O10P/c1-8(2)11(17)16(22)28-15(21)9-4-3-5-18(6-9)14-13(20)12(19)10(27-14)7-26-29(23,24)25/h3-6,8,10-14,19-20H,7,17H2,1-2H3,(H-,23,24,25)/t10-,11+,12-,13-,14-/m1/s1. The van der Waals surface area contributed by atoms with Gasteiger partial charge < -0.3 is 39.7 Å². The van der Waals surface area contributed by atoms with Crippen molar-refractivity contribution in [2.24, 2.45) is 11.7 Å². The quantitative estimate of drug-likeness (QED) is 0.157. The van der Waals surface area contributed by atoms with E-state index in [1.807, 2.05) is 0 Å². The van der Waals surface area contributed by atoms with Gasteiger partial charge in [-0.05, 0) is 12.0 Å². The first-order valence-electron chi connectivity index (χ1n) is 8.63. The monoisotopic (exact) mass is 434 g/mol. The molecule has 2 heterocycles. The predicted octanol–water partition coefficient (Wildman–Crippen LogP) is -2.26. The second kappa shape index (κ2) is 9.37. The molecular weight excluding hydrogens is 411 g/mol. The molecule has 0 bridgehead atoms. The van der Waals surface area contributed by atoms with Gasteiger partial charge in [0.2, 0.25) is 0 Å². The highest BCUT2D eigenvalue weighted by molar-refractivity contribution is 7.44. The van der Waals surface area contributed by atoms with E-state index >= 15 is 0 Å². The number of pyridine rings is 1. The van der Waals surface area contributed by atoms with Crippen molar-refractivity contribution in [3.8, 4) is 0 Å². The Morgan fingerprint density at radius 2 is 2.03 bits per heavy atom. The van der Waals surface area contributed by atoms with E-state index in [9.17, 15) is 29.3 Å². The summed E-state index contributed by atoms with van der Waals surface area (Å²) < 4.78 is 26.2. The fraction of sp³-hybridized carbons (Fsp3) is 0.562. The number of phosphoric acid groups is 1. The van der Waals surface area contributed by atoms with E-state index in [2.05, 4.69) is 4.52 Å². The van der Waals surface area contributed by atoms with Gasteiger partial charge in [0.15, 0.2) is 18.5 Å².